The van der Waals surface area contributed by atoms with Crippen molar-refractivity contribution < 1.29 is 9.47 Å². The molecule has 2 N–H and O–H groups in total. The maximum Gasteiger partial charge on any atom is 0.279 e. The molecule has 0 aliphatic carbocycles. The molecule has 0 aliphatic rings. The van der Waals surface area contributed by atoms with Crippen LogP contribution < -0.4 is 15.0 Å². The van der Waals surface area contributed by atoms with Crippen molar-refractivity contribution >= 4 is 11.0 Å². The molecular formula is C18H22N4O3. The van der Waals surface area contributed by atoms with Crippen LogP contribution in [0.2, 0.25) is 0 Å². The highest BCUT2D eigenvalue weighted by molar-refractivity contribution is 5.76. The zero-order chi connectivity index (χ0) is 18.0. The van der Waals surface area contributed by atoms with Crippen molar-refractivity contribution in [3.63, 3.8) is 0 Å². The largest absolute Gasteiger partial charge is 0.493 e. The molecule has 0 saturated heterocycles. The molecule has 0 aliphatic heterocycles. The Morgan fingerprint density at radius 1 is 1.08 bits per heavy atom. The first kappa shape index (κ1) is 17.0. The van der Waals surface area contributed by atoms with Gasteiger partial charge in [0.1, 0.15) is 11.3 Å². The average molecular weight is 342 g/mol. The summed E-state index contributed by atoms with van der Waals surface area (Å²) in [6.07, 6.45) is 1.34. The molecule has 0 saturated carbocycles. The number of rotatable bonds is 6. The van der Waals surface area contributed by atoms with Crippen molar-refractivity contribution in [3.8, 4) is 11.5 Å². The molecule has 25 heavy (non-hydrogen) atoms. The molecule has 0 spiro atoms. The van der Waals surface area contributed by atoms with Crippen LogP contribution in [0.25, 0.3) is 11.0 Å². The summed E-state index contributed by atoms with van der Waals surface area (Å²) in [6, 6.07) is 5.79. The van der Waals surface area contributed by atoms with Crippen LogP contribution in [0.3, 0.4) is 0 Å². The van der Waals surface area contributed by atoms with Gasteiger partial charge >= 0.3 is 0 Å². The Bertz CT molecular complexity index is 943. The summed E-state index contributed by atoms with van der Waals surface area (Å²) in [4.78, 5) is 19.6. The van der Waals surface area contributed by atoms with E-state index in [1.807, 2.05) is 32.0 Å². The number of ether oxygens (including phenoxy) is 2. The van der Waals surface area contributed by atoms with E-state index in [0.29, 0.717) is 34.8 Å². The number of fused-ring (bicyclic) bond motifs is 1. The standard InChI is InChI=1S/C18H22N4O3/c1-10(2)15-16-17(22-21-15)18(23)20-14(19-16)8-6-11-5-7-12(24-3)13(9-11)25-4/h5,7,9-10H,6,8H2,1-4H3,(H,21,22)(H,19,20,23). The highest BCUT2D eigenvalue weighted by Crippen LogP contribution is 2.28. The number of aryl methyl sites for hydroxylation is 2. The number of methoxy groups -OCH3 is 2. The minimum absolute atomic E-state index is 0.213. The lowest BCUT2D eigenvalue weighted by Crippen LogP contribution is -2.12. The predicted molar refractivity (Wildman–Crippen MR) is 95.6 cm³/mol. The van der Waals surface area contributed by atoms with Crippen LogP contribution in [0.4, 0.5) is 0 Å². The van der Waals surface area contributed by atoms with E-state index < -0.39 is 0 Å². The molecule has 0 fully saturated rings. The van der Waals surface area contributed by atoms with E-state index in [1.165, 1.54) is 0 Å². The predicted octanol–water partition coefficient (Wildman–Crippen LogP) is 2.57. The van der Waals surface area contributed by atoms with Crippen molar-refractivity contribution in [3.05, 3.63) is 45.6 Å². The van der Waals surface area contributed by atoms with E-state index in [-0.39, 0.29) is 11.5 Å². The Morgan fingerprint density at radius 2 is 1.84 bits per heavy atom. The number of hydrogen-bond acceptors (Lipinski definition) is 5. The summed E-state index contributed by atoms with van der Waals surface area (Å²) in [7, 11) is 3.22. The van der Waals surface area contributed by atoms with Gasteiger partial charge in [-0.15, -0.1) is 0 Å². The van der Waals surface area contributed by atoms with Gasteiger partial charge in [-0.05, 0) is 30.0 Å². The normalized spacial score (nSPS) is 11.2. The van der Waals surface area contributed by atoms with Crippen LogP contribution >= 0.6 is 0 Å². The van der Waals surface area contributed by atoms with Crippen LogP contribution in [-0.2, 0) is 12.8 Å². The summed E-state index contributed by atoms with van der Waals surface area (Å²) in [6.45, 7) is 4.08. The van der Waals surface area contributed by atoms with Crippen LogP contribution in [0.1, 0.15) is 36.8 Å². The van der Waals surface area contributed by atoms with Gasteiger partial charge in [0.05, 0.1) is 19.9 Å². The maximum atomic E-state index is 12.2. The first-order chi connectivity index (χ1) is 12.0. The van der Waals surface area contributed by atoms with Crippen molar-refractivity contribution in [2.45, 2.75) is 32.6 Å². The molecule has 132 valence electrons. The molecule has 0 unspecified atom stereocenters. The minimum atomic E-state index is -0.213. The monoisotopic (exact) mass is 342 g/mol. The fraction of sp³-hybridized carbons (Fsp3) is 0.389. The van der Waals surface area contributed by atoms with Crippen LogP contribution in [0.5, 0.6) is 11.5 Å². The lowest BCUT2D eigenvalue weighted by molar-refractivity contribution is 0.354. The Hall–Kier alpha value is -2.83. The zero-order valence-electron chi connectivity index (χ0n) is 14.8. The van der Waals surface area contributed by atoms with E-state index in [0.717, 1.165) is 17.7 Å². The van der Waals surface area contributed by atoms with E-state index in [9.17, 15) is 4.79 Å². The zero-order valence-corrected chi connectivity index (χ0v) is 14.8. The van der Waals surface area contributed by atoms with Crippen molar-refractivity contribution in [1.29, 1.82) is 0 Å². The number of nitrogens with one attached hydrogen (secondary N) is 2. The van der Waals surface area contributed by atoms with Crippen molar-refractivity contribution in [2.24, 2.45) is 0 Å². The van der Waals surface area contributed by atoms with Gasteiger partial charge in [-0.2, -0.15) is 5.10 Å². The summed E-state index contributed by atoms with van der Waals surface area (Å²) in [5, 5.41) is 7.00. The Morgan fingerprint density at radius 3 is 2.52 bits per heavy atom. The Kier molecular flexibility index (Phi) is 4.74. The molecule has 0 bridgehead atoms. The van der Waals surface area contributed by atoms with Crippen molar-refractivity contribution in [1.82, 2.24) is 20.2 Å². The lowest BCUT2D eigenvalue weighted by Gasteiger charge is -2.09. The highest BCUT2D eigenvalue weighted by Gasteiger charge is 2.14. The summed E-state index contributed by atoms with van der Waals surface area (Å²) >= 11 is 0. The summed E-state index contributed by atoms with van der Waals surface area (Å²) in [5.41, 5.74) is 2.76. The van der Waals surface area contributed by atoms with E-state index in [4.69, 9.17) is 9.47 Å². The number of H-pyrrole nitrogens is 2. The summed E-state index contributed by atoms with van der Waals surface area (Å²) in [5.74, 6) is 2.25. The SMILES string of the molecule is COc1ccc(CCc2nc3c(C(C)C)[nH]nc3c(=O)[nH]2)cc1OC. The van der Waals surface area contributed by atoms with Gasteiger partial charge in [0.2, 0.25) is 0 Å². The molecule has 1 aromatic carbocycles. The molecule has 0 amide bonds. The first-order valence-corrected chi connectivity index (χ1v) is 8.21. The van der Waals surface area contributed by atoms with E-state index >= 15 is 0 Å². The molecule has 0 atom stereocenters. The molecule has 3 rings (SSSR count). The minimum Gasteiger partial charge on any atom is -0.493 e. The van der Waals surface area contributed by atoms with Gasteiger partial charge in [0.15, 0.2) is 17.0 Å². The highest BCUT2D eigenvalue weighted by atomic mass is 16.5. The number of benzene rings is 1. The van der Waals surface area contributed by atoms with Crippen LogP contribution in [0.15, 0.2) is 23.0 Å². The third-order valence-electron chi connectivity index (χ3n) is 4.16. The molecule has 0 radical (unpaired) electrons. The number of nitrogens with zero attached hydrogens (tertiary/aromatic N) is 2. The molecule has 3 aromatic rings. The second kappa shape index (κ2) is 6.96. The number of aromatic nitrogens is 4. The molecular weight excluding hydrogens is 320 g/mol. The number of hydrogen-bond donors (Lipinski definition) is 2. The van der Waals surface area contributed by atoms with E-state index in [1.54, 1.807) is 14.2 Å². The van der Waals surface area contributed by atoms with Crippen LogP contribution in [-0.4, -0.2) is 34.4 Å². The quantitative estimate of drug-likeness (QED) is 0.718. The van der Waals surface area contributed by atoms with Gasteiger partial charge in [0.25, 0.3) is 5.56 Å². The fourth-order valence-corrected chi connectivity index (χ4v) is 2.79. The lowest BCUT2D eigenvalue weighted by atomic mass is 10.1. The van der Waals surface area contributed by atoms with Gasteiger partial charge in [0, 0.05) is 6.42 Å². The topological polar surface area (TPSA) is 92.9 Å². The molecule has 7 nitrogen and oxygen atoms in total. The third-order valence-corrected chi connectivity index (χ3v) is 4.16. The smallest absolute Gasteiger partial charge is 0.279 e. The Balaban J connectivity index is 1.86. The van der Waals surface area contributed by atoms with Gasteiger partial charge in [-0.25, -0.2) is 4.98 Å². The Labute approximate surface area is 145 Å². The average Bonchev–Trinajstić information content (AvgIpc) is 3.04. The van der Waals surface area contributed by atoms with E-state index in [2.05, 4.69) is 20.2 Å². The molecule has 7 heteroatoms. The summed E-state index contributed by atoms with van der Waals surface area (Å²) < 4.78 is 10.6. The van der Waals surface area contributed by atoms with Gasteiger partial charge in [-0.1, -0.05) is 19.9 Å². The maximum absolute atomic E-state index is 12.2. The van der Waals surface area contributed by atoms with Crippen molar-refractivity contribution in [2.75, 3.05) is 14.2 Å². The van der Waals surface area contributed by atoms with Gasteiger partial charge < -0.3 is 14.5 Å². The third kappa shape index (κ3) is 3.35. The van der Waals surface area contributed by atoms with Crippen LogP contribution in [0, 0.1) is 0 Å². The van der Waals surface area contributed by atoms with Gasteiger partial charge in [-0.3, -0.25) is 9.89 Å². The number of aromatic amines is 2. The molecule has 2 aromatic heterocycles. The second-order valence-electron chi connectivity index (χ2n) is 6.19. The second-order valence-corrected chi connectivity index (χ2v) is 6.19. The molecule has 2 heterocycles. The first-order valence-electron chi connectivity index (χ1n) is 8.21. The fourth-order valence-electron chi connectivity index (χ4n) is 2.79.